The van der Waals surface area contributed by atoms with Crippen LogP contribution in [-0.4, -0.2) is 207 Å². The molecule has 8 aromatic rings. The molecule has 4 saturated heterocycles. The maximum atomic E-state index is 14.0. The van der Waals surface area contributed by atoms with E-state index in [-0.39, 0.29) is 96.9 Å². The highest BCUT2D eigenvalue weighted by Crippen LogP contribution is 2.38. The van der Waals surface area contributed by atoms with E-state index in [2.05, 4.69) is 95.9 Å². The molecule has 1 amide bonds. The molecule has 29 nitrogen and oxygen atoms in total. The number of thiol groups is 1. The molecule has 0 saturated carbocycles. The van der Waals surface area contributed by atoms with Crippen molar-refractivity contribution in [3.8, 4) is 12.1 Å². The molecular weight excluding hydrogens is 2020 g/mol. The molecule has 0 spiro atoms. The monoisotopic (exact) mass is 2130 g/mol. The Kier molecular flexibility index (Phi) is 44.9. The van der Waals surface area contributed by atoms with Crippen molar-refractivity contribution in [2.45, 2.75) is 206 Å². The molecule has 0 aliphatic carbocycles. The number of aliphatic hydroxyl groups is 5. The van der Waals surface area contributed by atoms with Gasteiger partial charge in [0.15, 0.2) is 35.3 Å². The van der Waals surface area contributed by atoms with E-state index in [1.54, 1.807) is 61.3 Å². The molecule has 6 aromatic carbocycles. The molecule has 4 bridgehead atoms. The number of nitrogens with zero attached hydrogens (tertiary/aromatic N) is 7. The molecule has 137 heavy (non-hydrogen) atoms. The maximum Gasteiger partial charge on any atom is 0.306 e. The minimum Gasteiger partial charge on any atom is -0.481 e. The number of halogens is 8. The van der Waals surface area contributed by atoms with E-state index in [1.165, 1.54) is 139 Å². The quantitative estimate of drug-likeness (QED) is 0.00475. The summed E-state index contributed by atoms with van der Waals surface area (Å²) in [6.45, 7) is 18.7. The van der Waals surface area contributed by atoms with Gasteiger partial charge in [-0.3, -0.25) is 28.8 Å². The number of carbonyl (C=O) groups is 6. The number of ketones is 1. The van der Waals surface area contributed by atoms with E-state index in [1.807, 2.05) is 18.2 Å². The van der Waals surface area contributed by atoms with Gasteiger partial charge in [-0.2, -0.15) is 23.2 Å². The van der Waals surface area contributed by atoms with Gasteiger partial charge >= 0.3 is 23.9 Å². The average molecular weight is 2140 g/mol. The second kappa shape index (κ2) is 52.4. The van der Waals surface area contributed by atoms with Gasteiger partial charge in [0, 0.05) is 122 Å². The van der Waals surface area contributed by atoms with Gasteiger partial charge in [0.2, 0.25) is 5.91 Å². The Morgan fingerprint density at radius 3 is 1.15 bits per heavy atom. The molecule has 4 atom stereocenters. The second-order valence-electron chi connectivity index (χ2n) is 34.1. The molecule has 4 aliphatic heterocycles. The first kappa shape index (κ1) is 118. The summed E-state index contributed by atoms with van der Waals surface area (Å²) in [5.74, 6) is -4.70. The summed E-state index contributed by atoms with van der Waals surface area (Å²) < 4.78 is 169. The van der Waals surface area contributed by atoms with Crippen molar-refractivity contribution >= 4 is 133 Å². The third kappa shape index (κ3) is 37.0. The number of anilines is 2. The van der Waals surface area contributed by atoms with Crippen molar-refractivity contribution < 1.29 is 125 Å². The number of aliphatic carboxylic acids is 1. The van der Waals surface area contributed by atoms with E-state index in [4.69, 9.17) is 15.6 Å². The number of sulfone groups is 3. The van der Waals surface area contributed by atoms with Gasteiger partial charge < -0.3 is 64.9 Å². The van der Waals surface area contributed by atoms with Gasteiger partial charge in [-0.15, -0.1) is 11.8 Å². The first-order valence-corrected chi connectivity index (χ1v) is 50.7. The lowest BCUT2D eigenvalue weighted by Gasteiger charge is -2.41. The number of carbonyl (C=O) groups excluding carboxylic acids is 5. The predicted octanol–water partition coefficient (Wildman–Crippen LogP) is 14.7. The number of pyridine rings is 2. The van der Waals surface area contributed by atoms with Crippen molar-refractivity contribution in [1.29, 1.82) is 10.5 Å². The lowest BCUT2D eigenvalue weighted by Crippen LogP contribution is -2.55. The number of benzene rings is 6. The number of nitriles is 2. The molecule has 746 valence electrons. The number of amides is 1. The summed E-state index contributed by atoms with van der Waals surface area (Å²) in [4.78, 5) is 81.6. The van der Waals surface area contributed by atoms with Crippen molar-refractivity contribution in [1.82, 2.24) is 20.2 Å². The number of fused-ring (bicyclic) bond motifs is 4. The van der Waals surface area contributed by atoms with Crippen LogP contribution in [-0.2, 0) is 95.7 Å². The number of hydrogen-bond acceptors (Lipinski definition) is 29. The summed E-state index contributed by atoms with van der Waals surface area (Å²) in [6, 6.07) is 35.8. The average Bonchev–Trinajstić information content (AvgIpc) is 1.64. The highest BCUT2D eigenvalue weighted by Gasteiger charge is 2.43. The SMILES string of the molecule is CC(=O)c1cc(Br)ccc1F.CC(C)(O)c1cc(Br)ccc1F.CC(C)(O)c1cc(S(=O)(=O)CCC(=O)N2CC3CCC(C2)N3c2ccc(C#N)cn2)ccc1F.CC(C)(O)c1cc(S(=O)(=O)CCC(=O)O)ccc1F.COC(=O)CCS.COC(=O)CCS(=O)(=O)c1ccc(F)c(C(C)(C)O)c1.COC(=O)CCSc1ccc(F)c(C(C)(C)O)c1.N#Cc1ccc(N2C3CCC2CNC3)nc1. The normalized spacial score (nSPS) is 15.5. The van der Waals surface area contributed by atoms with Gasteiger partial charge in [-0.05, 0) is 235 Å². The summed E-state index contributed by atoms with van der Waals surface area (Å²) in [6.07, 6.45) is 7.23. The van der Waals surface area contributed by atoms with Crippen LogP contribution in [0.25, 0.3) is 0 Å². The Morgan fingerprint density at radius 2 is 0.803 bits per heavy atom. The lowest BCUT2D eigenvalue weighted by atomic mass is 9.98. The molecule has 4 aliphatic rings. The highest BCUT2D eigenvalue weighted by molar-refractivity contribution is 9.10. The molecule has 4 fully saturated rings. The number of methoxy groups -OCH3 is 3. The number of likely N-dealkylation sites (tertiary alicyclic amines) is 1. The summed E-state index contributed by atoms with van der Waals surface area (Å²) in [7, 11) is -7.52. The van der Waals surface area contributed by atoms with E-state index in [0.717, 1.165) is 102 Å². The third-order valence-corrected chi connectivity index (χ3v) is 28.5. The third-order valence-electron chi connectivity index (χ3n) is 21.2. The number of carboxylic acids is 1. The molecule has 6 heterocycles. The van der Waals surface area contributed by atoms with E-state index in [0.29, 0.717) is 70.7 Å². The van der Waals surface area contributed by atoms with E-state index >= 15 is 0 Å². The number of rotatable bonds is 26. The number of hydrogen-bond donors (Lipinski definition) is 8. The number of Topliss-reactive ketones (excluding diaryl/α,β-unsaturated/α-hetero) is 1. The van der Waals surface area contributed by atoms with Crippen LogP contribution in [0.5, 0.6) is 0 Å². The van der Waals surface area contributed by atoms with Gasteiger partial charge in [-0.25, -0.2) is 61.6 Å². The van der Waals surface area contributed by atoms with Crippen LogP contribution in [0.15, 0.2) is 174 Å². The first-order chi connectivity index (χ1) is 63.7. The van der Waals surface area contributed by atoms with Crippen LogP contribution in [0, 0.1) is 57.6 Å². The molecule has 4 unspecified atom stereocenters. The van der Waals surface area contributed by atoms with Crippen LogP contribution >= 0.6 is 56.3 Å². The van der Waals surface area contributed by atoms with Crippen LogP contribution in [0.2, 0.25) is 0 Å². The Labute approximate surface area is 821 Å². The standard InChI is InChI=1S/C24H27FN4O4S.C13H17FO5S.C13H17FO3S.C12H15FO5S.C12H14N4.C9H10BrFO.C8H6BrFO.C4H8O2S/c1-24(2,31)20-11-19(6-7-21(20)25)34(32,33)10-9-23(30)28-14-17-4-5-18(15-28)29(17)22-8-3-16(12-26)13-27-22;1-13(2,16)10-8-9(4-5-11(10)14)20(17,18)7-6-12(15)19-3;1-13(2,16)10-8-9(4-5-11(10)14)18-7-6-12(15)17-3;1-12(2,16)9-7-8(3-4-10(9)13)19(17,18)6-5-11(14)15;13-5-9-1-4-12(15-6-9)16-10-2-3-11(16)8-14-7-10;1-9(2,12)7-5-6(10)3-4-8(7)11;1-5(11)7-4-6(9)2-3-8(7)10;1-6-4(5)2-3-7/h3,6-8,11,13,17-18,31H,4-5,9-10,14-15H2,1-2H3;4-5,8,16H,6-7H2,1-3H3;4-5,8,16H,6-7H2,1-3H3;3-4,7,16H,5-6H2,1-2H3,(H,14,15);1,4,6,10-11,14H,2-3,7-8H2;3-5,12H,1-2H3;2-4H,1H3;7H,2-3H2,1H3. The van der Waals surface area contributed by atoms with Gasteiger partial charge in [0.05, 0.1) is 124 Å². The van der Waals surface area contributed by atoms with E-state index in [9.17, 15) is 106 Å². The predicted molar refractivity (Wildman–Crippen MR) is 513 cm³/mol. The van der Waals surface area contributed by atoms with Gasteiger partial charge in [-0.1, -0.05) is 31.9 Å². The topological polar surface area (TPSA) is 449 Å². The largest absolute Gasteiger partial charge is 0.481 e. The van der Waals surface area contributed by atoms with Crippen molar-refractivity contribution in [2.24, 2.45) is 0 Å². The Balaban J connectivity index is 0.000000287. The van der Waals surface area contributed by atoms with Crippen molar-refractivity contribution in [3.63, 3.8) is 0 Å². The van der Waals surface area contributed by atoms with Crippen LogP contribution in [0.3, 0.4) is 0 Å². The van der Waals surface area contributed by atoms with Crippen LogP contribution in [0.1, 0.15) is 183 Å². The zero-order valence-electron chi connectivity index (χ0n) is 77.9. The lowest BCUT2D eigenvalue weighted by molar-refractivity contribution is -0.141. The number of carboxylic acid groups (broad SMARTS) is 1. The fraction of sp³-hybridized carbons (Fsp3) is 0.432. The molecular formula is C95H114Br2F6N8O21S5. The Hall–Kier alpha value is -9.93. The minimum absolute atomic E-state index is 0.0891. The molecule has 12 rings (SSSR count). The van der Waals surface area contributed by atoms with Crippen molar-refractivity contribution in [2.75, 3.05) is 86.1 Å². The van der Waals surface area contributed by atoms with E-state index < -0.39 is 122 Å². The number of esters is 3. The van der Waals surface area contributed by atoms with Crippen LogP contribution in [0.4, 0.5) is 38.0 Å². The number of aromatic nitrogens is 2. The molecule has 7 N–H and O–H groups in total. The molecule has 0 radical (unpaired) electrons. The summed E-state index contributed by atoms with van der Waals surface area (Å²) in [5.41, 5.74) is -5.48. The maximum absolute atomic E-state index is 14.0. The Morgan fingerprint density at radius 1 is 0.467 bits per heavy atom. The summed E-state index contributed by atoms with van der Waals surface area (Å²) >= 11 is 11.6. The number of ether oxygens (including phenoxy) is 3. The number of thioether (sulfide) groups is 1. The number of nitrogens with one attached hydrogen (secondary N) is 1. The Bertz CT molecular complexity index is 5920. The fourth-order valence-corrected chi connectivity index (χ4v) is 19.5. The summed E-state index contributed by atoms with van der Waals surface area (Å²) in [5, 5.41) is 78.7. The fourth-order valence-electron chi connectivity index (χ4n) is 14.0. The second-order valence-corrected chi connectivity index (χ2v) is 43.9. The van der Waals surface area contributed by atoms with Crippen molar-refractivity contribution in [3.05, 3.63) is 234 Å². The highest BCUT2D eigenvalue weighted by atomic mass is 79.9. The smallest absolute Gasteiger partial charge is 0.306 e. The first-order valence-electron chi connectivity index (χ1n) is 42.5. The molecule has 2 aromatic heterocycles. The zero-order chi connectivity index (χ0) is 103. The molecule has 42 heteroatoms. The number of piperazine rings is 2. The van der Waals surface area contributed by atoms with Gasteiger partial charge in [0.25, 0.3) is 0 Å². The minimum atomic E-state index is -3.84. The van der Waals surface area contributed by atoms with Gasteiger partial charge in [0.1, 0.15) is 58.7 Å². The van der Waals surface area contributed by atoms with Crippen LogP contribution < -0.4 is 15.1 Å². The zero-order valence-corrected chi connectivity index (χ0v) is 85.3.